The van der Waals surface area contributed by atoms with Crippen molar-refractivity contribution in [3.63, 3.8) is 0 Å². The molecule has 0 saturated carbocycles. The van der Waals surface area contributed by atoms with E-state index in [0.29, 0.717) is 0 Å². The summed E-state index contributed by atoms with van der Waals surface area (Å²) in [6, 6.07) is 7.71. The molecular weight excluding hydrogens is 214 g/mol. The van der Waals surface area contributed by atoms with Crippen LogP contribution in [0, 0.1) is 0 Å². The highest BCUT2D eigenvalue weighted by molar-refractivity contribution is 6.00. The Morgan fingerprint density at radius 2 is 2.00 bits per heavy atom. The van der Waals surface area contributed by atoms with Crippen LogP contribution in [0.1, 0.15) is 18.9 Å². The van der Waals surface area contributed by atoms with Gasteiger partial charge in [0.05, 0.1) is 5.71 Å². The van der Waals surface area contributed by atoms with E-state index >= 15 is 0 Å². The van der Waals surface area contributed by atoms with Crippen molar-refractivity contribution in [2.75, 3.05) is 12.5 Å². The average Bonchev–Trinajstić information content (AvgIpc) is 2.26. The Hall–Kier alpha value is -1.26. The van der Waals surface area contributed by atoms with Crippen LogP contribution in [-0.2, 0) is 4.84 Å². The van der Waals surface area contributed by atoms with Crippen molar-refractivity contribution in [3.8, 4) is 0 Å². The molecule has 1 aromatic carbocycles. The van der Waals surface area contributed by atoms with Crippen LogP contribution in [0.2, 0.25) is 0 Å². The molecule has 0 heterocycles. The first-order valence-electron chi connectivity index (χ1n) is 4.49. The fraction of sp³-hybridized carbons (Fsp3) is 0.300. The number of anilines is 1. The van der Waals surface area contributed by atoms with Crippen molar-refractivity contribution in [3.05, 3.63) is 29.8 Å². The minimum atomic E-state index is 0. The molecule has 0 bridgehead atoms. The number of nitrogen functional groups attached to an aromatic ring is 1. The molecule has 0 aliphatic carbocycles. The molecule has 1 rings (SSSR count). The van der Waals surface area contributed by atoms with Crippen molar-refractivity contribution in [1.29, 1.82) is 0 Å². The van der Waals surface area contributed by atoms with E-state index in [4.69, 9.17) is 10.7 Å². The molecule has 0 fully saturated rings. The lowest BCUT2D eigenvalue weighted by atomic mass is 10.1. The van der Waals surface area contributed by atoms with Crippen LogP contribution >= 0.6 is 12.4 Å². The molecule has 0 aliphatic rings. The van der Waals surface area contributed by atoms with Gasteiger partial charge in [0, 0.05) is 5.69 Å². The number of benzene rings is 1. The molecule has 1 aromatic rings. The molecule has 4 nitrogen and oxygen atoms in total. The second kappa shape index (κ2) is 7.09. The standard InChI is InChI=1S/C10H15N3O.ClH/c1-3-10(13-14-2)8-4-6-9(12-11)7-5-8;/h4-7,12H,3,11H2,1-2H3;1H. The SMILES string of the molecule is CCC(=NOC)c1ccc(NN)cc1.Cl. The Morgan fingerprint density at radius 1 is 1.40 bits per heavy atom. The van der Waals surface area contributed by atoms with Gasteiger partial charge in [0.2, 0.25) is 0 Å². The van der Waals surface area contributed by atoms with Gasteiger partial charge in [-0.1, -0.05) is 24.2 Å². The maximum Gasteiger partial charge on any atom is 0.106 e. The number of rotatable bonds is 4. The van der Waals surface area contributed by atoms with Crippen LogP contribution in [-0.4, -0.2) is 12.8 Å². The van der Waals surface area contributed by atoms with E-state index in [1.54, 1.807) is 7.11 Å². The Morgan fingerprint density at radius 3 is 2.40 bits per heavy atom. The van der Waals surface area contributed by atoms with E-state index in [1.165, 1.54) is 0 Å². The number of hydrazine groups is 1. The first kappa shape index (κ1) is 13.7. The van der Waals surface area contributed by atoms with Gasteiger partial charge >= 0.3 is 0 Å². The summed E-state index contributed by atoms with van der Waals surface area (Å²) in [6.07, 6.45) is 0.837. The number of oxime groups is 1. The van der Waals surface area contributed by atoms with Gasteiger partial charge in [-0.25, -0.2) is 0 Å². The third-order valence-electron chi connectivity index (χ3n) is 1.92. The van der Waals surface area contributed by atoms with Crippen molar-refractivity contribution in [2.45, 2.75) is 13.3 Å². The average molecular weight is 230 g/mol. The van der Waals surface area contributed by atoms with Crippen LogP contribution in [0.5, 0.6) is 0 Å². The van der Waals surface area contributed by atoms with E-state index in [9.17, 15) is 0 Å². The number of nitrogens with two attached hydrogens (primary N) is 1. The van der Waals surface area contributed by atoms with Crippen LogP contribution in [0.15, 0.2) is 29.4 Å². The summed E-state index contributed by atoms with van der Waals surface area (Å²) in [7, 11) is 1.55. The van der Waals surface area contributed by atoms with Gasteiger partial charge in [-0.05, 0) is 24.1 Å². The van der Waals surface area contributed by atoms with Crippen LogP contribution in [0.3, 0.4) is 0 Å². The summed E-state index contributed by atoms with van der Waals surface area (Å²) in [5, 5.41) is 3.93. The predicted molar refractivity (Wildman–Crippen MR) is 65.3 cm³/mol. The molecule has 84 valence electrons. The first-order valence-corrected chi connectivity index (χ1v) is 4.49. The Labute approximate surface area is 95.9 Å². The second-order valence-electron chi connectivity index (χ2n) is 2.80. The van der Waals surface area contributed by atoms with E-state index in [1.807, 2.05) is 31.2 Å². The molecule has 0 aliphatic heterocycles. The normalized spacial score (nSPS) is 10.5. The van der Waals surface area contributed by atoms with Crippen molar-refractivity contribution in [1.82, 2.24) is 0 Å². The molecule has 0 spiro atoms. The third-order valence-corrected chi connectivity index (χ3v) is 1.92. The summed E-state index contributed by atoms with van der Waals surface area (Å²) >= 11 is 0. The van der Waals surface area contributed by atoms with Gasteiger partial charge < -0.3 is 10.3 Å². The zero-order chi connectivity index (χ0) is 10.4. The highest BCUT2D eigenvalue weighted by atomic mass is 35.5. The molecule has 5 heteroatoms. The number of halogens is 1. The summed E-state index contributed by atoms with van der Waals surface area (Å²) < 4.78 is 0. The molecule has 15 heavy (non-hydrogen) atoms. The molecule has 0 radical (unpaired) electrons. The third kappa shape index (κ3) is 3.77. The minimum absolute atomic E-state index is 0. The minimum Gasteiger partial charge on any atom is -0.399 e. The van der Waals surface area contributed by atoms with Crippen molar-refractivity contribution in [2.24, 2.45) is 11.0 Å². The maximum atomic E-state index is 5.26. The van der Waals surface area contributed by atoms with Gasteiger partial charge in [0.25, 0.3) is 0 Å². The molecule has 0 atom stereocenters. The van der Waals surface area contributed by atoms with Gasteiger partial charge in [-0.2, -0.15) is 0 Å². The highest BCUT2D eigenvalue weighted by Crippen LogP contribution is 2.10. The highest BCUT2D eigenvalue weighted by Gasteiger charge is 2.01. The molecule has 0 amide bonds. The lowest BCUT2D eigenvalue weighted by molar-refractivity contribution is 0.213. The second-order valence-corrected chi connectivity index (χ2v) is 2.80. The van der Waals surface area contributed by atoms with Gasteiger partial charge in [-0.3, -0.25) is 5.84 Å². The predicted octanol–water partition coefficient (Wildman–Crippen LogP) is 2.15. The van der Waals surface area contributed by atoms with Gasteiger partial charge in [0.1, 0.15) is 7.11 Å². The topological polar surface area (TPSA) is 59.6 Å². The molecule has 3 N–H and O–H groups in total. The Balaban J connectivity index is 0.00000196. The number of hydrogen-bond acceptors (Lipinski definition) is 4. The fourth-order valence-corrected chi connectivity index (χ4v) is 1.19. The van der Waals surface area contributed by atoms with E-state index in [-0.39, 0.29) is 12.4 Å². The summed E-state index contributed by atoms with van der Waals surface area (Å²) in [6.45, 7) is 2.03. The van der Waals surface area contributed by atoms with E-state index in [2.05, 4.69) is 10.6 Å². The lowest BCUT2D eigenvalue weighted by Gasteiger charge is -2.04. The quantitative estimate of drug-likeness (QED) is 0.473. The van der Waals surface area contributed by atoms with Crippen molar-refractivity contribution >= 4 is 23.8 Å². The van der Waals surface area contributed by atoms with Gasteiger partial charge in [0.15, 0.2) is 0 Å². The summed E-state index contributed by atoms with van der Waals surface area (Å²) in [4.78, 5) is 4.75. The number of hydrogen-bond donors (Lipinski definition) is 2. The summed E-state index contributed by atoms with van der Waals surface area (Å²) in [5.41, 5.74) is 5.42. The molecule has 0 aromatic heterocycles. The number of nitrogens with one attached hydrogen (secondary N) is 1. The molecule has 0 unspecified atom stereocenters. The summed E-state index contributed by atoms with van der Waals surface area (Å²) in [5.74, 6) is 5.26. The number of nitrogens with zero attached hydrogens (tertiary/aromatic N) is 1. The Bertz CT molecular complexity index is 311. The fourth-order valence-electron chi connectivity index (χ4n) is 1.19. The van der Waals surface area contributed by atoms with Gasteiger partial charge in [-0.15, -0.1) is 12.4 Å². The maximum absolute atomic E-state index is 5.26. The largest absolute Gasteiger partial charge is 0.399 e. The van der Waals surface area contributed by atoms with Crippen molar-refractivity contribution < 1.29 is 4.84 Å². The van der Waals surface area contributed by atoms with Crippen LogP contribution in [0.25, 0.3) is 0 Å². The monoisotopic (exact) mass is 229 g/mol. The van der Waals surface area contributed by atoms with Crippen LogP contribution < -0.4 is 11.3 Å². The smallest absolute Gasteiger partial charge is 0.106 e. The first-order chi connectivity index (χ1) is 6.81. The molecule has 0 saturated heterocycles. The van der Waals surface area contributed by atoms with E-state index < -0.39 is 0 Å². The molecular formula is C10H16ClN3O. The zero-order valence-corrected chi connectivity index (χ0v) is 9.67. The van der Waals surface area contributed by atoms with E-state index in [0.717, 1.165) is 23.4 Å². The zero-order valence-electron chi connectivity index (χ0n) is 8.86. The Kier molecular flexibility index (Phi) is 6.49. The lowest BCUT2D eigenvalue weighted by Crippen LogP contribution is -2.07. The van der Waals surface area contributed by atoms with Crippen LogP contribution in [0.4, 0.5) is 5.69 Å².